The van der Waals surface area contributed by atoms with E-state index >= 15 is 0 Å². The van der Waals surface area contributed by atoms with E-state index in [1.54, 1.807) is 6.07 Å². The lowest BCUT2D eigenvalue weighted by Gasteiger charge is -2.48. The summed E-state index contributed by atoms with van der Waals surface area (Å²) >= 11 is 6.09. The Bertz CT molecular complexity index is 728. The van der Waals surface area contributed by atoms with Crippen molar-refractivity contribution in [2.45, 2.75) is 32.7 Å². The van der Waals surface area contributed by atoms with Crippen LogP contribution < -0.4 is 5.32 Å². The number of halogens is 1. The van der Waals surface area contributed by atoms with Gasteiger partial charge in [-0.3, -0.25) is 14.5 Å². The van der Waals surface area contributed by atoms with E-state index in [2.05, 4.69) is 10.2 Å². The lowest BCUT2D eigenvalue weighted by atomic mass is 10.1. The highest BCUT2D eigenvalue weighted by atomic mass is 35.5. The predicted molar refractivity (Wildman–Crippen MR) is 110 cm³/mol. The standard InChI is InChI=1S/C20H29ClN4O3/c1-3-14-9-17(18(26)10-16(14)21)22-11-20(28)24-7-5-23(6-8-24)15-12-25(13-15)19(27)4-2/h9-10,15,22,26H,3-8,11-13H2,1-2H3. The van der Waals surface area contributed by atoms with E-state index in [0.717, 1.165) is 38.2 Å². The van der Waals surface area contributed by atoms with Gasteiger partial charge in [0.25, 0.3) is 0 Å². The number of aryl methyl sites for hydroxylation is 1. The van der Waals surface area contributed by atoms with Gasteiger partial charge in [-0.2, -0.15) is 0 Å². The van der Waals surface area contributed by atoms with Crippen LogP contribution in [0.3, 0.4) is 0 Å². The number of phenolic OH excluding ortho intramolecular Hbond substituents is 1. The zero-order valence-corrected chi connectivity index (χ0v) is 17.3. The van der Waals surface area contributed by atoms with Crippen molar-refractivity contribution in [3.05, 3.63) is 22.7 Å². The fraction of sp³-hybridized carbons (Fsp3) is 0.600. The van der Waals surface area contributed by atoms with Crippen LogP contribution in [-0.4, -0.2) is 83.5 Å². The van der Waals surface area contributed by atoms with Crippen LogP contribution in [0.25, 0.3) is 0 Å². The summed E-state index contributed by atoms with van der Waals surface area (Å²) in [5, 5.41) is 13.6. The monoisotopic (exact) mass is 408 g/mol. The number of phenols is 1. The van der Waals surface area contributed by atoms with E-state index in [-0.39, 0.29) is 24.1 Å². The first-order valence-corrected chi connectivity index (χ1v) is 10.4. The van der Waals surface area contributed by atoms with E-state index in [1.807, 2.05) is 23.6 Å². The number of rotatable bonds is 6. The fourth-order valence-electron chi connectivity index (χ4n) is 3.75. The van der Waals surface area contributed by atoms with Crippen molar-refractivity contribution in [1.29, 1.82) is 0 Å². The van der Waals surface area contributed by atoms with E-state index in [0.29, 0.717) is 36.3 Å². The molecule has 0 bridgehead atoms. The first-order chi connectivity index (χ1) is 13.4. The average molecular weight is 409 g/mol. The van der Waals surface area contributed by atoms with Gasteiger partial charge in [-0.1, -0.05) is 25.4 Å². The van der Waals surface area contributed by atoms with Crippen LogP contribution in [0.1, 0.15) is 25.8 Å². The quantitative estimate of drug-likeness (QED) is 0.702. The van der Waals surface area contributed by atoms with Crippen molar-refractivity contribution < 1.29 is 14.7 Å². The number of anilines is 1. The van der Waals surface area contributed by atoms with Crippen LogP contribution in [0, 0.1) is 0 Å². The molecule has 1 aromatic carbocycles. The van der Waals surface area contributed by atoms with Gasteiger partial charge in [-0.25, -0.2) is 0 Å². The number of amides is 2. The molecule has 28 heavy (non-hydrogen) atoms. The van der Waals surface area contributed by atoms with Crippen LogP contribution in [0.4, 0.5) is 5.69 Å². The lowest BCUT2D eigenvalue weighted by molar-refractivity contribution is -0.139. The highest BCUT2D eigenvalue weighted by Crippen LogP contribution is 2.30. The molecule has 2 heterocycles. The molecule has 0 spiro atoms. The Labute approximate surface area is 171 Å². The van der Waals surface area contributed by atoms with Crippen LogP contribution in [-0.2, 0) is 16.0 Å². The summed E-state index contributed by atoms with van der Waals surface area (Å²) in [6, 6.07) is 3.73. The Morgan fingerprint density at radius 1 is 1.11 bits per heavy atom. The number of aromatic hydroxyl groups is 1. The molecule has 1 aromatic rings. The molecular formula is C20H29ClN4O3. The molecule has 154 valence electrons. The van der Waals surface area contributed by atoms with Gasteiger partial charge in [0.2, 0.25) is 11.8 Å². The van der Waals surface area contributed by atoms with Gasteiger partial charge < -0.3 is 20.2 Å². The summed E-state index contributed by atoms with van der Waals surface area (Å²) in [7, 11) is 0. The third-order valence-electron chi connectivity index (χ3n) is 5.68. The molecule has 0 radical (unpaired) electrons. The maximum atomic E-state index is 12.5. The van der Waals surface area contributed by atoms with Crippen molar-refractivity contribution in [2.75, 3.05) is 51.1 Å². The predicted octanol–water partition coefficient (Wildman–Crippen LogP) is 1.78. The third-order valence-corrected chi connectivity index (χ3v) is 6.03. The first kappa shape index (κ1) is 20.7. The van der Waals surface area contributed by atoms with E-state index < -0.39 is 0 Å². The van der Waals surface area contributed by atoms with E-state index in [1.165, 1.54) is 6.07 Å². The molecule has 0 unspecified atom stereocenters. The molecule has 2 amide bonds. The van der Waals surface area contributed by atoms with Gasteiger partial charge in [0.05, 0.1) is 12.2 Å². The molecule has 3 rings (SSSR count). The second-order valence-corrected chi connectivity index (χ2v) is 7.80. The second-order valence-electron chi connectivity index (χ2n) is 7.39. The van der Waals surface area contributed by atoms with Crippen LogP contribution >= 0.6 is 11.6 Å². The Morgan fingerprint density at radius 3 is 2.39 bits per heavy atom. The molecule has 2 aliphatic heterocycles. The van der Waals surface area contributed by atoms with Crippen molar-refractivity contribution in [2.24, 2.45) is 0 Å². The number of nitrogens with zero attached hydrogens (tertiary/aromatic N) is 3. The highest BCUT2D eigenvalue weighted by molar-refractivity contribution is 6.31. The minimum Gasteiger partial charge on any atom is -0.506 e. The first-order valence-electron chi connectivity index (χ1n) is 9.97. The Balaban J connectivity index is 1.44. The number of nitrogens with one attached hydrogen (secondary N) is 1. The molecule has 2 aliphatic rings. The minimum absolute atomic E-state index is 0.0171. The number of likely N-dealkylation sites (tertiary alicyclic amines) is 1. The molecule has 2 N–H and O–H groups in total. The molecule has 0 atom stereocenters. The lowest BCUT2D eigenvalue weighted by Crippen LogP contribution is -2.64. The van der Waals surface area contributed by atoms with Gasteiger partial charge in [0.15, 0.2) is 0 Å². The highest BCUT2D eigenvalue weighted by Gasteiger charge is 2.35. The maximum Gasteiger partial charge on any atom is 0.241 e. The van der Waals surface area contributed by atoms with Gasteiger partial charge in [0.1, 0.15) is 5.75 Å². The van der Waals surface area contributed by atoms with Gasteiger partial charge >= 0.3 is 0 Å². The summed E-state index contributed by atoms with van der Waals surface area (Å²) in [6.07, 6.45) is 1.32. The third kappa shape index (κ3) is 4.52. The summed E-state index contributed by atoms with van der Waals surface area (Å²) in [5.74, 6) is 0.284. The zero-order valence-electron chi connectivity index (χ0n) is 16.6. The molecule has 2 saturated heterocycles. The smallest absolute Gasteiger partial charge is 0.241 e. The number of benzene rings is 1. The number of carbonyl (C=O) groups is 2. The van der Waals surface area contributed by atoms with Gasteiger partial charge in [-0.15, -0.1) is 0 Å². The molecule has 0 saturated carbocycles. The maximum absolute atomic E-state index is 12.5. The largest absolute Gasteiger partial charge is 0.506 e. The molecular weight excluding hydrogens is 380 g/mol. The molecule has 7 nitrogen and oxygen atoms in total. The topological polar surface area (TPSA) is 76.1 Å². The second kappa shape index (κ2) is 9.01. The summed E-state index contributed by atoms with van der Waals surface area (Å²) in [5.41, 5.74) is 1.46. The van der Waals surface area contributed by atoms with Crippen LogP contribution in [0.2, 0.25) is 5.02 Å². The van der Waals surface area contributed by atoms with E-state index in [9.17, 15) is 14.7 Å². The van der Waals surface area contributed by atoms with Crippen LogP contribution in [0.5, 0.6) is 5.75 Å². The van der Waals surface area contributed by atoms with Crippen molar-refractivity contribution in [3.63, 3.8) is 0 Å². The Morgan fingerprint density at radius 2 is 1.79 bits per heavy atom. The number of carbonyl (C=O) groups excluding carboxylic acids is 2. The zero-order chi connectivity index (χ0) is 20.3. The molecule has 0 aliphatic carbocycles. The van der Waals surface area contributed by atoms with Crippen LogP contribution in [0.15, 0.2) is 12.1 Å². The summed E-state index contributed by atoms with van der Waals surface area (Å²) in [4.78, 5) is 30.3. The SMILES string of the molecule is CCC(=O)N1CC(N2CCN(C(=O)CNc3cc(CC)c(Cl)cc3O)CC2)C1. The van der Waals surface area contributed by atoms with Gasteiger partial charge in [-0.05, 0) is 18.1 Å². The summed E-state index contributed by atoms with van der Waals surface area (Å²) < 4.78 is 0. The van der Waals surface area contributed by atoms with E-state index in [4.69, 9.17) is 11.6 Å². The Kier molecular flexibility index (Phi) is 6.67. The number of hydrogen-bond donors (Lipinski definition) is 2. The number of piperazine rings is 1. The van der Waals surface area contributed by atoms with Crippen molar-refractivity contribution in [1.82, 2.24) is 14.7 Å². The minimum atomic E-state index is 0.0171. The fourth-order valence-corrected chi connectivity index (χ4v) is 4.04. The van der Waals surface area contributed by atoms with Gasteiger partial charge in [0, 0.05) is 62.8 Å². The summed E-state index contributed by atoms with van der Waals surface area (Å²) in [6.45, 7) is 8.66. The molecule has 2 fully saturated rings. The average Bonchev–Trinajstić information content (AvgIpc) is 2.66. The number of hydrogen-bond acceptors (Lipinski definition) is 5. The van der Waals surface area contributed by atoms with Crippen molar-refractivity contribution >= 4 is 29.1 Å². The van der Waals surface area contributed by atoms with Crippen molar-refractivity contribution in [3.8, 4) is 5.75 Å². The molecule has 0 aromatic heterocycles. The normalized spacial score (nSPS) is 18.1. The Hall–Kier alpha value is -1.99. The molecule has 8 heteroatoms.